The number of carbonyl (C=O) groups is 1. The number of carbonyl (C=O) groups excluding carboxylic acids is 1. The zero-order chi connectivity index (χ0) is 15.6. The van der Waals surface area contributed by atoms with E-state index in [-0.39, 0.29) is 12.5 Å². The summed E-state index contributed by atoms with van der Waals surface area (Å²) in [5, 5.41) is 3.02. The van der Waals surface area contributed by atoms with Crippen LogP contribution in [0.4, 0.5) is 5.69 Å². The van der Waals surface area contributed by atoms with E-state index in [2.05, 4.69) is 10.0 Å². The second-order valence-corrected chi connectivity index (χ2v) is 7.33. The third-order valence-corrected chi connectivity index (χ3v) is 3.68. The lowest BCUT2D eigenvalue weighted by Crippen LogP contribution is -2.51. The van der Waals surface area contributed by atoms with E-state index in [4.69, 9.17) is 17.3 Å². The first-order valence-corrected chi connectivity index (χ1v) is 8.09. The van der Waals surface area contributed by atoms with Crippen LogP contribution in [-0.4, -0.2) is 32.7 Å². The molecule has 0 aliphatic heterocycles. The SMILES string of the molecule is CC(C)(CNC(=O)c1ccc(Cl)c(N)c1)NS(C)(=O)=O. The summed E-state index contributed by atoms with van der Waals surface area (Å²) in [7, 11) is -3.35. The van der Waals surface area contributed by atoms with Crippen LogP contribution >= 0.6 is 11.6 Å². The van der Waals surface area contributed by atoms with Crippen molar-refractivity contribution in [2.75, 3.05) is 18.5 Å². The molecule has 0 bridgehead atoms. The van der Waals surface area contributed by atoms with Gasteiger partial charge in [0.25, 0.3) is 5.91 Å². The van der Waals surface area contributed by atoms with E-state index in [9.17, 15) is 13.2 Å². The molecule has 8 heteroatoms. The molecule has 1 rings (SSSR count). The van der Waals surface area contributed by atoms with Crippen LogP contribution in [0.5, 0.6) is 0 Å². The molecule has 1 aromatic rings. The van der Waals surface area contributed by atoms with Crippen LogP contribution in [0.2, 0.25) is 5.02 Å². The Kier molecular flexibility index (Phi) is 5.01. The fraction of sp³-hybridized carbons (Fsp3) is 0.417. The maximum absolute atomic E-state index is 11.9. The van der Waals surface area contributed by atoms with Gasteiger partial charge in [0.1, 0.15) is 0 Å². The lowest BCUT2D eigenvalue weighted by Gasteiger charge is -2.25. The summed E-state index contributed by atoms with van der Waals surface area (Å²) < 4.78 is 24.8. The maximum atomic E-state index is 11.9. The summed E-state index contributed by atoms with van der Waals surface area (Å²) in [4.78, 5) is 11.9. The Bertz CT molecular complexity index is 614. The van der Waals surface area contributed by atoms with E-state index in [0.29, 0.717) is 16.3 Å². The number of rotatable bonds is 5. The van der Waals surface area contributed by atoms with Gasteiger partial charge in [0.2, 0.25) is 10.0 Å². The number of amides is 1. The lowest BCUT2D eigenvalue weighted by molar-refractivity contribution is 0.0944. The molecular weight excluding hydrogens is 302 g/mol. The van der Waals surface area contributed by atoms with Crippen molar-refractivity contribution in [1.82, 2.24) is 10.0 Å². The highest BCUT2D eigenvalue weighted by Crippen LogP contribution is 2.19. The van der Waals surface area contributed by atoms with Gasteiger partial charge < -0.3 is 11.1 Å². The molecule has 1 aromatic carbocycles. The monoisotopic (exact) mass is 319 g/mol. The molecule has 20 heavy (non-hydrogen) atoms. The van der Waals surface area contributed by atoms with E-state index < -0.39 is 15.6 Å². The van der Waals surface area contributed by atoms with E-state index >= 15 is 0 Å². The van der Waals surface area contributed by atoms with Gasteiger partial charge >= 0.3 is 0 Å². The number of anilines is 1. The number of nitrogens with two attached hydrogens (primary N) is 1. The van der Waals surface area contributed by atoms with Crippen molar-refractivity contribution in [3.8, 4) is 0 Å². The van der Waals surface area contributed by atoms with Crippen molar-refractivity contribution in [2.45, 2.75) is 19.4 Å². The third-order valence-electron chi connectivity index (χ3n) is 2.41. The van der Waals surface area contributed by atoms with Crippen LogP contribution in [0.1, 0.15) is 24.2 Å². The standard InChI is InChI=1S/C12H18ClN3O3S/c1-12(2,16-20(3,18)19)7-15-11(17)8-4-5-9(13)10(14)6-8/h4-6,16H,7,14H2,1-3H3,(H,15,17). The predicted molar refractivity (Wildman–Crippen MR) is 80.3 cm³/mol. The number of halogens is 1. The Morgan fingerprint density at radius 1 is 1.40 bits per heavy atom. The third kappa shape index (κ3) is 5.36. The molecule has 0 aliphatic carbocycles. The smallest absolute Gasteiger partial charge is 0.251 e. The molecule has 0 radical (unpaired) electrons. The summed E-state index contributed by atoms with van der Waals surface area (Å²) in [6.07, 6.45) is 1.07. The van der Waals surface area contributed by atoms with Crippen LogP contribution in [0, 0.1) is 0 Å². The summed E-state index contributed by atoms with van der Waals surface area (Å²) >= 11 is 5.77. The van der Waals surface area contributed by atoms with Crippen LogP contribution < -0.4 is 15.8 Å². The molecule has 0 fully saturated rings. The second-order valence-electron chi connectivity index (χ2n) is 5.18. The Balaban J connectivity index is 2.69. The second kappa shape index (κ2) is 5.99. The number of benzene rings is 1. The molecule has 0 unspecified atom stereocenters. The number of sulfonamides is 1. The normalized spacial score (nSPS) is 12.2. The van der Waals surface area contributed by atoms with E-state index in [0.717, 1.165) is 6.26 Å². The van der Waals surface area contributed by atoms with E-state index in [1.165, 1.54) is 12.1 Å². The number of hydrogen-bond donors (Lipinski definition) is 3. The molecule has 0 aromatic heterocycles. The topological polar surface area (TPSA) is 101 Å². The van der Waals surface area contributed by atoms with Crippen LogP contribution in [0.25, 0.3) is 0 Å². The molecule has 0 aliphatic rings. The fourth-order valence-electron chi connectivity index (χ4n) is 1.63. The summed E-state index contributed by atoms with van der Waals surface area (Å²) in [5.74, 6) is -0.350. The van der Waals surface area contributed by atoms with Gasteiger partial charge in [-0.1, -0.05) is 11.6 Å². The minimum atomic E-state index is -3.35. The molecule has 1 amide bonds. The molecule has 112 valence electrons. The van der Waals surface area contributed by atoms with Crippen LogP contribution in [-0.2, 0) is 10.0 Å². The molecule has 0 heterocycles. The van der Waals surface area contributed by atoms with Crippen molar-refractivity contribution >= 4 is 33.2 Å². The fourth-order valence-corrected chi connectivity index (χ4v) is 2.82. The Labute approximate surface area is 123 Å². The molecular formula is C12H18ClN3O3S. The highest BCUT2D eigenvalue weighted by Gasteiger charge is 2.23. The number of nitrogens with one attached hydrogen (secondary N) is 2. The van der Waals surface area contributed by atoms with Crippen molar-refractivity contribution in [3.05, 3.63) is 28.8 Å². The Morgan fingerprint density at radius 3 is 2.50 bits per heavy atom. The van der Waals surface area contributed by atoms with Crippen molar-refractivity contribution in [2.24, 2.45) is 0 Å². The van der Waals surface area contributed by atoms with Gasteiger partial charge in [-0.25, -0.2) is 13.1 Å². The van der Waals surface area contributed by atoms with Gasteiger partial charge in [-0.15, -0.1) is 0 Å². The highest BCUT2D eigenvalue weighted by atomic mass is 35.5. The number of hydrogen-bond acceptors (Lipinski definition) is 4. The molecule has 0 spiro atoms. The summed E-state index contributed by atoms with van der Waals surface area (Å²) in [6, 6.07) is 4.55. The van der Waals surface area contributed by atoms with Crippen LogP contribution in [0.3, 0.4) is 0 Å². The molecule has 4 N–H and O–H groups in total. The molecule has 0 saturated heterocycles. The molecule has 0 saturated carbocycles. The van der Waals surface area contributed by atoms with Gasteiger partial charge in [-0.05, 0) is 32.0 Å². The average Bonchev–Trinajstić information content (AvgIpc) is 2.26. The van der Waals surface area contributed by atoms with Gasteiger partial charge in [-0.2, -0.15) is 0 Å². The molecule has 6 nitrogen and oxygen atoms in total. The first-order chi connectivity index (χ1) is 9.00. The largest absolute Gasteiger partial charge is 0.398 e. The quantitative estimate of drug-likeness (QED) is 0.704. The minimum absolute atomic E-state index is 0.140. The van der Waals surface area contributed by atoms with Crippen molar-refractivity contribution < 1.29 is 13.2 Å². The van der Waals surface area contributed by atoms with Crippen molar-refractivity contribution in [3.63, 3.8) is 0 Å². The maximum Gasteiger partial charge on any atom is 0.251 e. The lowest BCUT2D eigenvalue weighted by atomic mass is 10.1. The molecule has 0 atom stereocenters. The number of nitrogen functional groups attached to an aromatic ring is 1. The average molecular weight is 320 g/mol. The zero-order valence-corrected chi connectivity index (χ0v) is 13.1. The first kappa shape index (κ1) is 16.7. The Morgan fingerprint density at radius 2 is 2.00 bits per heavy atom. The van der Waals surface area contributed by atoms with Crippen LogP contribution in [0.15, 0.2) is 18.2 Å². The van der Waals surface area contributed by atoms with Gasteiger partial charge in [0.05, 0.1) is 17.0 Å². The van der Waals surface area contributed by atoms with Gasteiger partial charge in [-0.3, -0.25) is 4.79 Å². The minimum Gasteiger partial charge on any atom is -0.398 e. The summed E-state index contributed by atoms with van der Waals surface area (Å²) in [6.45, 7) is 3.48. The predicted octanol–water partition coefficient (Wildman–Crippen LogP) is 0.980. The van der Waals surface area contributed by atoms with E-state index in [1.54, 1.807) is 19.9 Å². The van der Waals surface area contributed by atoms with Crippen molar-refractivity contribution in [1.29, 1.82) is 0 Å². The van der Waals surface area contributed by atoms with Gasteiger partial charge in [0, 0.05) is 17.6 Å². The van der Waals surface area contributed by atoms with E-state index in [1.807, 2.05) is 0 Å². The van der Waals surface area contributed by atoms with Gasteiger partial charge in [0.15, 0.2) is 0 Å². The summed E-state index contributed by atoms with van der Waals surface area (Å²) in [5.41, 5.74) is 5.51. The Hall–Kier alpha value is -1.31. The zero-order valence-electron chi connectivity index (χ0n) is 11.5. The first-order valence-electron chi connectivity index (χ1n) is 5.82. The highest BCUT2D eigenvalue weighted by molar-refractivity contribution is 7.88.